The van der Waals surface area contributed by atoms with Gasteiger partial charge in [0, 0.05) is 104 Å². The van der Waals surface area contributed by atoms with Crippen LogP contribution in [0.25, 0.3) is 0 Å². The number of unbranched alkanes of at least 4 members (excludes halogenated alkanes) is 1. The number of carbonyl (C=O) groups is 11. The number of aliphatic hydroxyl groups excluding tert-OH is 1. The van der Waals surface area contributed by atoms with Crippen molar-refractivity contribution in [2.24, 2.45) is 59.2 Å². The fourth-order valence-electron chi connectivity index (χ4n) is 13.0. The summed E-state index contributed by atoms with van der Waals surface area (Å²) in [5.41, 5.74) is 0. The van der Waals surface area contributed by atoms with E-state index in [1.807, 2.05) is 54.5 Å². The maximum Gasteiger partial charge on any atom is 0.245 e. The number of hydrogen-bond donors (Lipinski definition) is 3. The van der Waals surface area contributed by atoms with E-state index >= 15 is 4.79 Å². The summed E-state index contributed by atoms with van der Waals surface area (Å²) in [4.78, 5) is 169. The van der Waals surface area contributed by atoms with Gasteiger partial charge in [0.2, 0.25) is 35.4 Å². The van der Waals surface area contributed by atoms with Gasteiger partial charge in [-0.2, -0.15) is 0 Å². The van der Waals surface area contributed by atoms with Crippen LogP contribution in [0.2, 0.25) is 0 Å². The van der Waals surface area contributed by atoms with Crippen LogP contribution in [0.4, 0.5) is 0 Å². The van der Waals surface area contributed by atoms with Crippen LogP contribution in [-0.2, 0) is 62.2 Å². The molecule has 2 saturated heterocycles. The van der Waals surface area contributed by atoms with Gasteiger partial charge >= 0.3 is 0 Å². The van der Waals surface area contributed by atoms with Crippen molar-refractivity contribution in [3.63, 3.8) is 0 Å². The number of likely N-dealkylation sites (N-methyl/N-ethyl adjacent to an activating group) is 3. The molecule has 93 heavy (non-hydrogen) atoms. The first-order chi connectivity index (χ1) is 43.6. The molecular formula is C72H123N7O14. The van der Waals surface area contributed by atoms with E-state index in [0.717, 1.165) is 26.1 Å². The molecule has 0 aliphatic carbocycles. The first-order valence-electron chi connectivity index (χ1n) is 34.7. The predicted octanol–water partition coefficient (Wildman–Crippen LogP) is 7.87. The summed E-state index contributed by atoms with van der Waals surface area (Å²) >= 11 is 0. The number of morpholine rings is 1. The van der Waals surface area contributed by atoms with Crippen molar-refractivity contribution in [3.8, 4) is 0 Å². The first kappa shape index (κ1) is 83.6. The minimum Gasteiger partial charge on any atom is -0.392 e. The molecule has 0 radical (unpaired) electrons. The maximum atomic E-state index is 15.2. The molecule has 0 aromatic rings. The number of nitrogens with one attached hydrogen (secondary N) is 2. The van der Waals surface area contributed by atoms with Crippen molar-refractivity contribution in [1.82, 2.24) is 35.1 Å². The van der Waals surface area contributed by atoms with Crippen molar-refractivity contribution in [2.45, 2.75) is 243 Å². The number of ether oxygens (including phenoxy) is 2. The van der Waals surface area contributed by atoms with Gasteiger partial charge in [0.25, 0.3) is 0 Å². The molecule has 0 saturated carbocycles. The molecular weight excluding hydrogens is 1190 g/mol. The second-order valence-corrected chi connectivity index (χ2v) is 28.6. The van der Waals surface area contributed by atoms with Crippen LogP contribution in [0.5, 0.6) is 0 Å². The van der Waals surface area contributed by atoms with E-state index in [0.29, 0.717) is 26.1 Å². The zero-order valence-corrected chi connectivity index (χ0v) is 60.5. The summed E-state index contributed by atoms with van der Waals surface area (Å²) in [6.07, 6.45) is 3.19. The highest BCUT2D eigenvalue weighted by molar-refractivity contribution is 5.99. The fourth-order valence-corrected chi connectivity index (χ4v) is 13.0. The van der Waals surface area contributed by atoms with E-state index in [-0.39, 0.29) is 82.3 Å². The van der Waals surface area contributed by atoms with Gasteiger partial charge in [0.05, 0.1) is 55.5 Å². The molecule has 6 amide bonds. The Morgan fingerprint density at radius 3 is 1.70 bits per heavy atom. The minimum absolute atomic E-state index is 0.0805. The standard InChI is InChI=1S/C72H123N7O14/c1-21-24-27-49(14)67(86)55-43-62(83)65(48(12)13)77(20)71(90)53(37-44(4)5)41-61(82)58(39-46(8)9)75(18)70(89)51(16)73-68(87)50(15)40-60(81)57(38-45(6)7)76(19)72(91)54(47(10)11)42-63(84)66(52(17)93-34-26-25-31-78-32-35-92-36-33-78)79(30-22-2)64(85)29-28-59(80)56(23-3)74-69(55)88/h21-22,24,44-58,65-67,86H,2,23,25-43H2,1,3-20H3,(H,73,87)(H,74,88)/b24-21+/t49-,50-,51-,52-,53-,54+,55+,56+,57+,58+,65+,66+,67-/m1/s1. The normalized spacial score (nSPS) is 27.1. The smallest absolute Gasteiger partial charge is 0.245 e. The molecule has 13 atom stereocenters. The Bertz CT molecular complexity index is 2490. The topological polar surface area (TPSA) is 267 Å². The third kappa shape index (κ3) is 26.6. The number of aliphatic hydroxyl groups is 1. The molecule has 3 N–H and O–H groups in total. The largest absolute Gasteiger partial charge is 0.392 e. The van der Waals surface area contributed by atoms with Crippen molar-refractivity contribution < 1.29 is 67.3 Å². The van der Waals surface area contributed by atoms with Gasteiger partial charge in [-0.15, -0.1) is 6.58 Å². The van der Waals surface area contributed by atoms with Gasteiger partial charge in [-0.3, -0.25) is 57.6 Å². The second kappa shape index (κ2) is 41.5. The Labute approximate surface area is 558 Å². The summed E-state index contributed by atoms with van der Waals surface area (Å²) in [6.45, 7) is 36.4. The number of rotatable bonds is 22. The molecule has 21 heteroatoms. The highest BCUT2D eigenvalue weighted by Gasteiger charge is 2.44. The molecule has 2 heterocycles. The van der Waals surface area contributed by atoms with E-state index in [1.54, 1.807) is 61.5 Å². The third-order valence-corrected chi connectivity index (χ3v) is 18.6. The fraction of sp³-hybridized carbons (Fsp3) is 0.792. The van der Waals surface area contributed by atoms with Gasteiger partial charge in [-0.1, -0.05) is 108 Å². The lowest BCUT2D eigenvalue weighted by Crippen LogP contribution is -2.54. The van der Waals surface area contributed by atoms with Crippen LogP contribution < -0.4 is 10.6 Å². The molecule has 21 nitrogen and oxygen atoms in total. The molecule has 0 aromatic heterocycles. The highest BCUT2D eigenvalue weighted by atomic mass is 16.5. The van der Waals surface area contributed by atoms with Crippen LogP contribution in [0, 0.1) is 59.2 Å². The van der Waals surface area contributed by atoms with E-state index in [9.17, 15) is 53.1 Å². The van der Waals surface area contributed by atoms with Crippen LogP contribution in [0.3, 0.4) is 0 Å². The Morgan fingerprint density at radius 1 is 0.624 bits per heavy atom. The number of nitrogens with zero attached hydrogens (tertiary/aromatic N) is 5. The van der Waals surface area contributed by atoms with Crippen molar-refractivity contribution in [2.75, 3.05) is 67.1 Å². The number of carbonyl (C=O) groups excluding carboxylic acids is 11. The highest BCUT2D eigenvalue weighted by Crippen LogP contribution is 2.30. The Morgan fingerprint density at radius 2 is 1.17 bits per heavy atom. The molecule has 2 fully saturated rings. The number of allylic oxidation sites excluding steroid dienone is 2. The Hall–Kier alpha value is -5.51. The molecule has 0 bridgehead atoms. The average molecular weight is 1310 g/mol. The van der Waals surface area contributed by atoms with Crippen molar-refractivity contribution >= 4 is 64.4 Å². The molecule has 2 aliphatic rings. The predicted molar refractivity (Wildman–Crippen MR) is 362 cm³/mol. The van der Waals surface area contributed by atoms with E-state index in [2.05, 4.69) is 22.1 Å². The van der Waals surface area contributed by atoms with Gasteiger partial charge in [0.15, 0.2) is 28.9 Å². The zero-order valence-electron chi connectivity index (χ0n) is 60.5. The van der Waals surface area contributed by atoms with Crippen LogP contribution in [0.15, 0.2) is 24.8 Å². The lowest BCUT2D eigenvalue weighted by molar-refractivity contribution is -0.149. The average Bonchev–Trinajstić information content (AvgIpc) is 3.48. The molecule has 2 aliphatic heterocycles. The van der Waals surface area contributed by atoms with E-state index in [4.69, 9.17) is 9.47 Å². The number of ketones is 5. The minimum atomic E-state index is -1.39. The quantitative estimate of drug-likeness (QED) is 0.0688. The summed E-state index contributed by atoms with van der Waals surface area (Å²) in [7, 11) is 4.49. The monoisotopic (exact) mass is 1310 g/mol. The van der Waals surface area contributed by atoms with E-state index in [1.165, 1.54) is 53.7 Å². The molecule has 530 valence electrons. The summed E-state index contributed by atoms with van der Waals surface area (Å²) < 4.78 is 11.9. The van der Waals surface area contributed by atoms with Crippen molar-refractivity contribution in [1.29, 1.82) is 0 Å². The Balaban J connectivity index is 2.93. The lowest BCUT2D eigenvalue weighted by Gasteiger charge is -2.37. The summed E-state index contributed by atoms with van der Waals surface area (Å²) in [6, 6.07) is -6.73. The molecule has 0 aromatic carbocycles. The summed E-state index contributed by atoms with van der Waals surface area (Å²) in [5.74, 6) is -11.9. The SMILES string of the molecule is C=CCN1C(=O)CCC(=O)[C@H](CC)NC(=O)[C@H]([C@H](O)[C@H](C)C/C=C/C)CC(=O)[C@H](C(C)C)N(C)C(=O)[C@H](CC(C)C)CC(=O)[C@H](CC(C)C)N(C)C(=O)[C@@H](C)NC(=O)[C@H](C)CC(=O)[C@H](CC(C)C)N(C)C(=O)[C@H](C(C)C)CC(=O)[C@@H]1[C@@H](C)OCCCCN1CCOCC1. The first-order valence-corrected chi connectivity index (χ1v) is 34.7. The Kier molecular flexibility index (Phi) is 37.3. The molecule has 2 rings (SSSR count). The van der Waals surface area contributed by atoms with Crippen LogP contribution >= 0.6 is 0 Å². The van der Waals surface area contributed by atoms with Gasteiger partial charge in [-0.25, -0.2) is 0 Å². The summed E-state index contributed by atoms with van der Waals surface area (Å²) in [5, 5.41) is 17.6. The van der Waals surface area contributed by atoms with Crippen LogP contribution in [0.1, 0.15) is 194 Å². The number of Topliss-reactive ketones (excluding diaryl/α,β-unsaturated/α-hetero) is 5. The van der Waals surface area contributed by atoms with Gasteiger partial charge in [-0.05, 0) is 108 Å². The van der Waals surface area contributed by atoms with E-state index < -0.39 is 167 Å². The molecule has 0 unspecified atom stereocenters. The third-order valence-electron chi connectivity index (χ3n) is 18.6. The second-order valence-electron chi connectivity index (χ2n) is 28.6. The maximum absolute atomic E-state index is 15.2. The molecule has 0 spiro atoms. The van der Waals surface area contributed by atoms with Gasteiger partial charge < -0.3 is 44.8 Å². The number of hydrogen-bond acceptors (Lipinski definition) is 15. The van der Waals surface area contributed by atoms with Gasteiger partial charge in [0.1, 0.15) is 12.1 Å². The zero-order chi connectivity index (χ0) is 70.7. The van der Waals surface area contributed by atoms with Crippen LogP contribution in [-0.4, -0.2) is 210 Å². The number of amides is 6. The van der Waals surface area contributed by atoms with Crippen molar-refractivity contribution in [3.05, 3.63) is 24.8 Å². The lowest BCUT2D eigenvalue weighted by atomic mass is 9.82.